The van der Waals surface area contributed by atoms with Crippen molar-refractivity contribution in [2.24, 2.45) is 0 Å². The lowest BCUT2D eigenvalue weighted by Gasteiger charge is -2.34. The summed E-state index contributed by atoms with van der Waals surface area (Å²) < 4.78 is 0. The van der Waals surface area contributed by atoms with Gasteiger partial charge in [-0.3, -0.25) is 4.79 Å². The van der Waals surface area contributed by atoms with Gasteiger partial charge in [-0.2, -0.15) is 0 Å². The topological polar surface area (TPSA) is 48.5 Å². The average molecular weight is 310 g/mol. The number of carbonyl (C=O) groups excluding carboxylic acids is 1. The smallest absolute Gasteiger partial charge is 0.256 e. The van der Waals surface area contributed by atoms with E-state index in [0.717, 1.165) is 37.6 Å². The van der Waals surface area contributed by atoms with Crippen LogP contribution in [0.15, 0.2) is 42.5 Å². The Bertz CT molecular complexity index is 679. The third-order valence-electron chi connectivity index (χ3n) is 4.15. The molecule has 0 atom stereocenters. The SMILES string of the molecule is Cc1ccc(NC(=O)c2ccccc2)nc1N1CCN(C)CC1. The van der Waals surface area contributed by atoms with Crippen molar-refractivity contribution in [2.75, 3.05) is 43.4 Å². The molecule has 0 spiro atoms. The van der Waals surface area contributed by atoms with Crippen molar-refractivity contribution >= 4 is 17.5 Å². The van der Waals surface area contributed by atoms with Crippen LogP contribution in [0.4, 0.5) is 11.6 Å². The molecule has 5 heteroatoms. The van der Waals surface area contributed by atoms with Gasteiger partial charge in [-0.05, 0) is 37.7 Å². The maximum atomic E-state index is 12.3. The highest BCUT2D eigenvalue weighted by atomic mass is 16.1. The Morgan fingerprint density at radius 1 is 1.04 bits per heavy atom. The molecule has 0 bridgehead atoms. The fourth-order valence-corrected chi connectivity index (χ4v) is 2.70. The summed E-state index contributed by atoms with van der Waals surface area (Å²) >= 11 is 0. The number of amides is 1. The number of aryl methyl sites for hydroxylation is 1. The highest BCUT2D eigenvalue weighted by Crippen LogP contribution is 2.21. The van der Waals surface area contributed by atoms with Crippen LogP contribution in [0.5, 0.6) is 0 Å². The standard InChI is InChI=1S/C18H22N4O/c1-14-8-9-16(20-18(23)15-6-4-3-5-7-15)19-17(14)22-12-10-21(2)11-13-22/h3-9H,10-13H2,1-2H3,(H,19,20,23). The van der Waals surface area contributed by atoms with Crippen LogP contribution in [0, 0.1) is 6.92 Å². The second-order valence-electron chi connectivity index (χ2n) is 5.95. The number of pyridine rings is 1. The summed E-state index contributed by atoms with van der Waals surface area (Å²) in [6.45, 7) is 6.04. The molecule has 0 radical (unpaired) electrons. The molecular formula is C18H22N4O. The van der Waals surface area contributed by atoms with Gasteiger partial charge in [-0.1, -0.05) is 24.3 Å². The van der Waals surface area contributed by atoms with Crippen molar-refractivity contribution in [2.45, 2.75) is 6.92 Å². The lowest BCUT2D eigenvalue weighted by molar-refractivity contribution is 0.102. The summed E-state index contributed by atoms with van der Waals surface area (Å²) in [6, 6.07) is 13.1. The monoisotopic (exact) mass is 310 g/mol. The molecule has 1 amide bonds. The van der Waals surface area contributed by atoms with Gasteiger partial charge < -0.3 is 15.1 Å². The molecule has 1 aromatic carbocycles. The predicted octanol–water partition coefficient (Wildman–Crippen LogP) is 2.39. The van der Waals surface area contributed by atoms with Crippen molar-refractivity contribution in [1.29, 1.82) is 0 Å². The molecule has 1 fully saturated rings. The summed E-state index contributed by atoms with van der Waals surface area (Å²) in [6.07, 6.45) is 0. The molecule has 2 heterocycles. The summed E-state index contributed by atoms with van der Waals surface area (Å²) in [7, 11) is 2.13. The molecular weight excluding hydrogens is 288 g/mol. The number of benzene rings is 1. The summed E-state index contributed by atoms with van der Waals surface area (Å²) in [5.41, 5.74) is 1.77. The molecule has 120 valence electrons. The second-order valence-corrected chi connectivity index (χ2v) is 5.95. The molecule has 1 saturated heterocycles. The minimum Gasteiger partial charge on any atom is -0.354 e. The summed E-state index contributed by atoms with van der Waals surface area (Å²) in [5, 5.41) is 2.89. The lowest BCUT2D eigenvalue weighted by atomic mass is 10.2. The quantitative estimate of drug-likeness (QED) is 0.946. The molecule has 3 rings (SSSR count). The third-order valence-corrected chi connectivity index (χ3v) is 4.15. The molecule has 23 heavy (non-hydrogen) atoms. The van der Waals surface area contributed by atoms with Gasteiger partial charge in [-0.25, -0.2) is 4.98 Å². The Morgan fingerprint density at radius 2 is 1.74 bits per heavy atom. The van der Waals surface area contributed by atoms with Crippen molar-refractivity contribution in [3.63, 3.8) is 0 Å². The van der Waals surface area contributed by atoms with E-state index < -0.39 is 0 Å². The molecule has 5 nitrogen and oxygen atoms in total. The van der Waals surface area contributed by atoms with Gasteiger partial charge in [0.15, 0.2) is 0 Å². The Balaban J connectivity index is 1.76. The average Bonchev–Trinajstić information content (AvgIpc) is 2.58. The number of nitrogens with one attached hydrogen (secondary N) is 1. The zero-order valence-corrected chi connectivity index (χ0v) is 13.6. The van der Waals surface area contributed by atoms with Gasteiger partial charge in [0.05, 0.1) is 0 Å². The van der Waals surface area contributed by atoms with E-state index in [2.05, 4.69) is 34.1 Å². The zero-order chi connectivity index (χ0) is 16.2. The van der Waals surface area contributed by atoms with Crippen LogP contribution in [0.1, 0.15) is 15.9 Å². The predicted molar refractivity (Wildman–Crippen MR) is 93.1 cm³/mol. The maximum absolute atomic E-state index is 12.3. The molecule has 1 aromatic heterocycles. The first kappa shape index (κ1) is 15.5. The van der Waals surface area contributed by atoms with Crippen LogP contribution in [-0.4, -0.2) is 49.0 Å². The number of carbonyl (C=O) groups is 1. The van der Waals surface area contributed by atoms with Crippen molar-refractivity contribution in [1.82, 2.24) is 9.88 Å². The Kier molecular flexibility index (Phi) is 4.57. The van der Waals surface area contributed by atoms with Gasteiger partial charge in [0.1, 0.15) is 11.6 Å². The maximum Gasteiger partial charge on any atom is 0.256 e. The van der Waals surface area contributed by atoms with E-state index in [1.54, 1.807) is 12.1 Å². The van der Waals surface area contributed by atoms with Gasteiger partial charge in [0, 0.05) is 31.7 Å². The fourth-order valence-electron chi connectivity index (χ4n) is 2.70. The number of rotatable bonds is 3. The van der Waals surface area contributed by atoms with Crippen LogP contribution in [0.3, 0.4) is 0 Å². The van der Waals surface area contributed by atoms with Crippen molar-refractivity contribution < 1.29 is 4.79 Å². The van der Waals surface area contributed by atoms with Crippen molar-refractivity contribution in [3.8, 4) is 0 Å². The van der Waals surface area contributed by atoms with Crippen LogP contribution >= 0.6 is 0 Å². The Hall–Kier alpha value is -2.40. The molecule has 2 aromatic rings. The van der Waals surface area contributed by atoms with E-state index in [-0.39, 0.29) is 5.91 Å². The van der Waals surface area contributed by atoms with Gasteiger partial charge >= 0.3 is 0 Å². The lowest BCUT2D eigenvalue weighted by Crippen LogP contribution is -2.45. The minimum atomic E-state index is -0.133. The number of nitrogens with zero attached hydrogens (tertiary/aromatic N) is 3. The largest absolute Gasteiger partial charge is 0.354 e. The number of likely N-dealkylation sites (N-methyl/N-ethyl adjacent to an activating group) is 1. The van der Waals surface area contributed by atoms with Crippen LogP contribution < -0.4 is 10.2 Å². The number of aromatic nitrogens is 1. The molecule has 1 aliphatic heterocycles. The highest BCUT2D eigenvalue weighted by molar-refractivity contribution is 6.03. The number of piperazine rings is 1. The number of hydrogen-bond acceptors (Lipinski definition) is 4. The van der Waals surface area contributed by atoms with Crippen LogP contribution in [-0.2, 0) is 0 Å². The third kappa shape index (κ3) is 3.68. The zero-order valence-electron chi connectivity index (χ0n) is 13.6. The number of hydrogen-bond donors (Lipinski definition) is 1. The van der Waals surface area contributed by atoms with Crippen LogP contribution in [0.2, 0.25) is 0 Å². The summed E-state index contributed by atoms with van der Waals surface area (Å²) in [5.74, 6) is 1.42. The molecule has 0 saturated carbocycles. The second kappa shape index (κ2) is 6.79. The molecule has 1 aliphatic rings. The van der Waals surface area contributed by atoms with Crippen molar-refractivity contribution in [3.05, 3.63) is 53.6 Å². The molecule has 1 N–H and O–H groups in total. The molecule has 0 aliphatic carbocycles. The first-order chi connectivity index (χ1) is 11.1. The molecule has 0 unspecified atom stereocenters. The van der Waals surface area contributed by atoms with Crippen LogP contribution in [0.25, 0.3) is 0 Å². The van der Waals surface area contributed by atoms with Gasteiger partial charge in [0.25, 0.3) is 5.91 Å². The Morgan fingerprint density at radius 3 is 2.43 bits per heavy atom. The van der Waals surface area contributed by atoms with E-state index in [4.69, 9.17) is 0 Å². The normalized spacial score (nSPS) is 15.5. The van der Waals surface area contributed by atoms with E-state index >= 15 is 0 Å². The Labute approximate surface area is 136 Å². The highest BCUT2D eigenvalue weighted by Gasteiger charge is 2.18. The van der Waals surface area contributed by atoms with E-state index in [1.165, 1.54) is 0 Å². The fraction of sp³-hybridized carbons (Fsp3) is 0.333. The van der Waals surface area contributed by atoms with Gasteiger partial charge in [0.2, 0.25) is 0 Å². The first-order valence-electron chi connectivity index (χ1n) is 7.91. The van der Waals surface area contributed by atoms with E-state index in [1.807, 2.05) is 30.3 Å². The van der Waals surface area contributed by atoms with E-state index in [9.17, 15) is 4.79 Å². The number of anilines is 2. The summed E-state index contributed by atoms with van der Waals surface area (Å²) in [4.78, 5) is 21.5. The minimum absolute atomic E-state index is 0.133. The first-order valence-corrected chi connectivity index (χ1v) is 7.91. The van der Waals surface area contributed by atoms with Gasteiger partial charge in [-0.15, -0.1) is 0 Å². The van der Waals surface area contributed by atoms with E-state index in [0.29, 0.717) is 11.4 Å².